The highest BCUT2D eigenvalue weighted by molar-refractivity contribution is 7.11. The second-order valence-electron chi connectivity index (χ2n) is 9.11. The van der Waals surface area contributed by atoms with Gasteiger partial charge in [-0.3, -0.25) is 9.59 Å². The molecule has 1 unspecified atom stereocenters. The van der Waals surface area contributed by atoms with Crippen LogP contribution in [0.1, 0.15) is 29.6 Å². The lowest BCUT2D eigenvalue weighted by atomic mass is 9.83. The normalized spacial score (nSPS) is 22.9. The van der Waals surface area contributed by atoms with Gasteiger partial charge in [0.2, 0.25) is 5.78 Å². The van der Waals surface area contributed by atoms with Gasteiger partial charge in [0.05, 0.1) is 13.1 Å². The van der Waals surface area contributed by atoms with Crippen LogP contribution in [-0.4, -0.2) is 60.6 Å². The average Bonchev–Trinajstić information content (AvgIpc) is 3.41. The summed E-state index contributed by atoms with van der Waals surface area (Å²) in [7, 11) is 2.07. The van der Waals surface area contributed by atoms with Crippen molar-refractivity contribution in [1.82, 2.24) is 4.98 Å². The molecule has 3 aliphatic heterocycles. The van der Waals surface area contributed by atoms with Gasteiger partial charge in [-0.1, -0.05) is 36.4 Å². The summed E-state index contributed by atoms with van der Waals surface area (Å²) in [6, 6.07) is 20.7. The molecule has 0 spiro atoms. The van der Waals surface area contributed by atoms with Crippen molar-refractivity contribution >= 4 is 34.5 Å². The van der Waals surface area contributed by atoms with E-state index in [-0.39, 0.29) is 17.9 Å². The molecule has 2 bridgehead atoms. The molecule has 178 valence electrons. The van der Waals surface area contributed by atoms with Crippen LogP contribution >= 0.6 is 11.3 Å². The van der Waals surface area contributed by atoms with Crippen molar-refractivity contribution in [2.24, 2.45) is 5.92 Å². The maximum absolute atomic E-state index is 12.3. The van der Waals surface area contributed by atoms with Gasteiger partial charge in [-0.05, 0) is 24.3 Å². The molecule has 6 rings (SSSR count). The largest absolute Gasteiger partial charge is 0.456 e. The Labute approximate surface area is 205 Å². The van der Waals surface area contributed by atoms with E-state index in [2.05, 4.69) is 65.5 Å². The Balaban J connectivity index is 0.000000172. The molecule has 3 aromatic rings. The van der Waals surface area contributed by atoms with Gasteiger partial charge in [-0.15, -0.1) is 11.3 Å². The van der Waals surface area contributed by atoms with Gasteiger partial charge < -0.3 is 14.1 Å². The first-order valence-electron chi connectivity index (χ1n) is 11.7. The number of Topliss-reactive ketones (excluding diaryl/α,β-unsaturated/α-hetero) is 1. The van der Waals surface area contributed by atoms with Gasteiger partial charge in [0.15, 0.2) is 11.1 Å². The second-order valence-corrected chi connectivity index (χ2v) is 10.00. The number of hydrogen-bond acceptors (Lipinski definition) is 6. The number of rotatable bonds is 6. The minimum absolute atomic E-state index is 0.0147. The molecule has 7 heteroatoms. The highest BCUT2D eigenvalue weighted by Crippen LogP contribution is 2.35. The summed E-state index contributed by atoms with van der Waals surface area (Å²) in [5, 5.41) is 2.42. The van der Waals surface area contributed by atoms with Crippen LogP contribution in [0.2, 0.25) is 0 Å². The number of carbonyl (C=O) groups excluding carboxylic acids is 2. The number of nitrogens with zero attached hydrogens (tertiary/aromatic N) is 3. The summed E-state index contributed by atoms with van der Waals surface area (Å²) in [5.74, 6) is 0.379. The molecule has 0 saturated carbocycles. The van der Waals surface area contributed by atoms with Crippen LogP contribution in [0.4, 0.5) is 11.4 Å². The molecule has 3 fully saturated rings. The highest BCUT2D eigenvalue weighted by Gasteiger charge is 2.48. The number of fused-ring (bicyclic) bond motifs is 3. The van der Waals surface area contributed by atoms with E-state index in [1.165, 1.54) is 29.6 Å². The van der Waals surface area contributed by atoms with Crippen LogP contribution in [0, 0.1) is 5.92 Å². The molecule has 2 aromatic carbocycles. The van der Waals surface area contributed by atoms with E-state index in [0.717, 1.165) is 37.0 Å². The molecule has 0 aliphatic carbocycles. The fraction of sp³-hybridized carbons (Fsp3) is 0.370. The molecule has 6 nitrogen and oxygen atoms in total. The first-order chi connectivity index (χ1) is 16.5. The Kier molecular flexibility index (Phi) is 7.75. The Morgan fingerprint density at radius 2 is 1.62 bits per heavy atom. The number of quaternary nitrogens is 1. The number of para-hydroxylation sites is 2. The summed E-state index contributed by atoms with van der Waals surface area (Å²) in [4.78, 5) is 29.8. The minimum atomic E-state index is -0.215. The number of anilines is 2. The van der Waals surface area contributed by atoms with Crippen LogP contribution < -0.4 is 4.90 Å². The number of ketones is 1. The number of benzene rings is 2. The maximum Gasteiger partial charge on any atom is 0.303 e. The van der Waals surface area contributed by atoms with Crippen LogP contribution in [0.3, 0.4) is 0 Å². The fourth-order valence-corrected chi connectivity index (χ4v) is 5.54. The number of thiazole rings is 1. The van der Waals surface area contributed by atoms with Crippen LogP contribution in [-0.2, 0) is 9.53 Å². The number of carbonyl (C=O) groups is 2. The first-order valence-corrected chi connectivity index (χ1v) is 12.6. The van der Waals surface area contributed by atoms with Gasteiger partial charge >= 0.3 is 5.97 Å². The predicted octanol–water partition coefficient (Wildman–Crippen LogP) is 4.95. The lowest BCUT2D eigenvalue weighted by molar-refractivity contribution is -0.938. The quantitative estimate of drug-likeness (QED) is 0.285. The Morgan fingerprint density at radius 1 is 1.03 bits per heavy atom. The van der Waals surface area contributed by atoms with E-state index in [1.54, 1.807) is 6.20 Å². The van der Waals surface area contributed by atoms with Gasteiger partial charge in [0.25, 0.3) is 0 Å². The van der Waals surface area contributed by atoms with Crippen molar-refractivity contribution in [3.05, 3.63) is 77.2 Å². The molecule has 0 N–H and O–H groups in total. The zero-order valence-corrected chi connectivity index (χ0v) is 20.6. The number of hydrogen-bond donors (Lipinski definition) is 0. The molecule has 1 aromatic heterocycles. The van der Waals surface area contributed by atoms with E-state index in [1.807, 2.05) is 17.5 Å². The molecule has 3 aliphatic rings. The molecular weight excluding hydrogens is 446 g/mol. The summed E-state index contributed by atoms with van der Waals surface area (Å²) < 4.78 is 6.20. The molecule has 0 radical (unpaired) electrons. The minimum Gasteiger partial charge on any atom is -0.456 e. The van der Waals surface area contributed by atoms with Gasteiger partial charge in [-0.25, -0.2) is 4.98 Å². The molecule has 3 saturated heterocycles. The Morgan fingerprint density at radius 3 is 2.12 bits per heavy atom. The fourth-order valence-electron chi connectivity index (χ4n) is 4.98. The Hall–Kier alpha value is -3.03. The third kappa shape index (κ3) is 5.90. The molecule has 1 atom stereocenters. The first kappa shape index (κ1) is 24.1. The highest BCUT2D eigenvalue weighted by atomic mass is 32.1. The summed E-state index contributed by atoms with van der Waals surface area (Å²) in [6.07, 6.45) is 3.74. The zero-order valence-electron chi connectivity index (χ0n) is 19.8. The van der Waals surface area contributed by atoms with Gasteiger partial charge in [0, 0.05) is 55.7 Å². The van der Waals surface area contributed by atoms with Crippen LogP contribution in [0.15, 0.2) is 72.2 Å². The SMILES string of the molecule is CC(=O)OC1C[N+]2(CC(=O)c3nccs3)CCC1CC2.CN(c1ccccc1)c1ccccc1. The standard InChI is InChI=1S/C14H19N2O3S.C13H13N/c1-10(17)19-13-9-16(5-2-11(13)3-6-16)8-12(18)14-15-4-7-20-14;1-14(12-8-4-2-5-9-12)13-10-6-3-7-11-13/h4,7,11,13H,2-3,5-6,8-9H2,1H3;2-11H,1H3/q+1;. The second kappa shape index (κ2) is 10.9. The third-order valence-corrected chi connectivity index (χ3v) is 7.61. The van der Waals surface area contributed by atoms with E-state index < -0.39 is 0 Å². The van der Waals surface area contributed by atoms with Gasteiger partial charge in [0.1, 0.15) is 13.1 Å². The molecule has 0 amide bonds. The van der Waals surface area contributed by atoms with Crippen molar-refractivity contribution in [3.63, 3.8) is 0 Å². The average molecular weight is 479 g/mol. The van der Waals surface area contributed by atoms with Crippen molar-refractivity contribution in [2.75, 3.05) is 38.1 Å². The summed E-state index contributed by atoms with van der Waals surface area (Å²) >= 11 is 1.40. The number of ether oxygens (including phenoxy) is 1. The number of piperidine rings is 3. The topological polar surface area (TPSA) is 59.5 Å². The molecule has 4 heterocycles. The van der Waals surface area contributed by atoms with Crippen molar-refractivity contribution in [3.8, 4) is 0 Å². The van der Waals surface area contributed by atoms with E-state index in [0.29, 0.717) is 17.5 Å². The number of esters is 1. The van der Waals surface area contributed by atoms with Crippen molar-refractivity contribution < 1.29 is 18.8 Å². The smallest absolute Gasteiger partial charge is 0.303 e. The van der Waals surface area contributed by atoms with Crippen LogP contribution in [0.25, 0.3) is 0 Å². The zero-order chi connectivity index (χ0) is 24.0. The number of aromatic nitrogens is 1. The van der Waals surface area contributed by atoms with Gasteiger partial charge in [-0.2, -0.15) is 0 Å². The van der Waals surface area contributed by atoms with Crippen molar-refractivity contribution in [2.45, 2.75) is 25.9 Å². The maximum atomic E-state index is 12.3. The van der Waals surface area contributed by atoms with Crippen LogP contribution in [0.5, 0.6) is 0 Å². The third-order valence-electron chi connectivity index (χ3n) is 6.80. The lowest BCUT2D eigenvalue weighted by Gasteiger charge is -2.51. The Bertz CT molecular complexity index is 1030. The summed E-state index contributed by atoms with van der Waals surface area (Å²) in [6.45, 7) is 4.75. The monoisotopic (exact) mass is 478 g/mol. The summed E-state index contributed by atoms with van der Waals surface area (Å²) in [5.41, 5.74) is 2.41. The predicted molar refractivity (Wildman–Crippen MR) is 135 cm³/mol. The molecular formula is C27H32N3O3S+. The van der Waals surface area contributed by atoms with E-state index >= 15 is 0 Å². The lowest BCUT2D eigenvalue weighted by Crippen LogP contribution is -2.65. The molecule has 34 heavy (non-hydrogen) atoms. The van der Waals surface area contributed by atoms with E-state index in [9.17, 15) is 9.59 Å². The van der Waals surface area contributed by atoms with E-state index in [4.69, 9.17) is 4.74 Å². The van der Waals surface area contributed by atoms with Crippen molar-refractivity contribution in [1.29, 1.82) is 0 Å².